The number of nitrogens with one attached hydrogen (secondary N) is 2. The molecule has 0 unspecified atom stereocenters. The molecule has 0 atom stereocenters. The molecule has 5 rings (SSSR count). The number of nitrogens with zero attached hydrogens (tertiary/aromatic N) is 4. The molecule has 2 aliphatic heterocycles. The second-order valence-corrected chi connectivity index (χ2v) is 9.25. The maximum Gasteiger partial charge on any atom is 0.169 e. The van der Waals surface area contributed by atoms with Crippen LogP contribution in [0.2, 0.25) is 0 Å². The van der Waals surface area contributed by atoms with Crippen LogP contribution in [0.5, 0.6) is 0 Å². The summed E-state index contributed by atoms with van der Waals surface area (Å²) in [7, 11) is 3.44. The highest BCUT2D eigenvalue weighted by molar-refractivity contribution is 6.00. The van der Waals surface area contributed by atoms with Crippen molar-refractivity contribution < 1.29 is 13.2 Å². The minimum atomic E-state index is -0.449. The molecule has 192 valence electrons. The molecule has 0 fully saturated rings. The standard InChI is InChI=1S/C28H29F3N6/c1-36(16-20-8-6-18(14-22(20)29)27-32-10-11-33-27)24-4-3-5-25(26(24)31)37(2)17-21-9-7-19(15-23(21)30)28-34-12-13-35-28/h3-9,14-15H,10-13,16-17H2,1-2H3,(H,32,33)(H,34,35). The third-order valence-electron chi connectivity index (χ3n) is 6.60. The molecule has 2 heterocycles. The van der Waals surface area contributed by atoms with E-state index in [1.807, 2.05) is 12.1 Å². The van der Waals surface area contributed by atoms with E-state index in [1.165, 1.54) is 12.1 Å². The van der Waals surface area contributed by atoms with Crippen LogP contribution >= 0.6 is 0 Å². The molecule has 3 aromatic carbocycles. The molecule has 0 saturated carbocycles. The summed E-state index contributed by atoms with van der Waals surface area (Å²) in [5.74, 6) is 0.195. The lowest BCUT2D eigenvalue weighted by molar-refractivity contribution is 0.595. The van der Waals surface area contributed by atoms with E-state index in [-0.39, 0.29) is 24.7 Å². The van der Waals surface area contributed by atoms with Crippen LogP contribution in [0, 0.1) is 17.5 Å². The van der Waals surface area contributed by atoms with Gasteiger partial charge in [0.1, 0.15) is 23.3 Å². The van der Waals surface area contributed by atoms with Crippen molar-refractivity contribution in [2.45, 2.75) is 13.1 Å². The van der Waals surface area contributed by atoms with Gasteiger partial charge < -0.3 is 20.4 Å². The van der Waals surface area contributed by atoms with Crippen LogP contribution in [0.3, 0.4) is 0 Å². The predicted molar refractivity (Wildman–Crippen MR) is 142 cm³/mol. The number of amidine groups is 2. The maximum atomic E-state index is 15.6. The van der Waals surface area contributed by atoms with E-state index in [2.05, 4.69) is 20.6 Å². The first-order valence-electron chi connectivity index (χ1n) is 12.3. The second-order valence-electron chi connectivity index (χ2n) is 9.25. The van der Waals surface area contributed by atoms with Crippen molar-refractivity contribution in [3.8, 4) is 0 Å². The molecule has 0 radical (unpaired) electrons. The summed E-state index contributed by atoms with van der Waals surface area (Å²) in [6.45, 7) is 3.22. The van der Waals surface area contributed by atoms with Crippen molar-refractivity contribution in [2.75, 3.05) is 50.1 Å². The summed E-state index contributed by atoms with van der Waals surface area (Å²) in [4.78, 5) is 12.0. The zero-order valence-corrected chi connectivity index (χ0v) is 20.9. The van der Waals surface area contributed by atoms with Crippen LogP contribution in [0.15, 0.2) is 64.6 Å². The molecule has 0 saturated heterocycles. The van der Waals surface area contributed by atoms with E-state index in [1.54, 1.807) is 54.2 Å². The Labute approximate surface area is 214 Å². The largest absolute Gasteiger partial charge is 0.368 e. The van der Waals surface area contributed by atoms with Gasteiger partial charge in [0.15, 0.2) is 5.82 Å². The Morgan fingerprint density at radius 3 is 1.54 bits per heavy atom. The number of hydrogen-bond acceptors (Lipinski definition) is 6. The summed E-state index contributed by atoms with van der Waals surface area (Å²) in [6.07, 6.45) is 0. The Morgan fingerprint density at radius 1 is 0.703 bits per heavy atom. The Bertz CT molecular complexity index is 1270. The van der Waals surface area contributed by atoms with Crippen LogP contribution < -0.4 is 20.4 Å². The fraction of sp³-hybridized carbons (Fsp3) is 0.286. The number of anilines is 2. The molecule has 6 nitrogen and oxygen atoms in total. The molecule has 0 spiro atoms. The van der Waals surface area contributed by atoms with Gasteiger partial charge in [-0.25, -0.2) is 13.2 Å². The van der Waals surface area contributed by atoms with E-state index in [4.69, 9.17) is 0 Å². The summed E-state index contributed by atoms with van der Waals surface area (Å²) in [6, 6.07) is 15.0. The highest BCUT2D eigenvalue weighted by atomic mass is 19.1. The highest BCUT2D eigenvalue weighted by Crippen LogP contribution is 2.30. The minimum Gasteiger partial charge on any atom is -0.368 e. The zero-order chi connectivity index (χ0) is 25.9. The summed E-state index contributed by atoms with van der Waals surface area (Å²) >= 11 is 0. The van der Waals surface area contributed by atoms with Gasteiger partial charge in [0, 0.05) is 62.5 Å². The van der Waals surface area contributed by atoms with Gasteiger partial charge in [-0.2, -0.15) is 0 Å². The van der Waals surface area contributed by atoms with Gasteiger partial charge in [-0.1, -0.05) is 30.3 Å². The van der Waals surface area contributed by atoms with Crippen LogP contribution in [0.25, 0.3) is 0 Å². The normalized spacial score (nSPS) is 14.6. The number of rotatable bonds is 8. The van der Waals surface area contributed by atoms with Crippen molar-refractivity contribution >= 4 is 23.0 Å². The molecule has 3 aromatic rings. The molecule has 9 heteroatoms. The first-order valence-corrected chi connectivity index (χ1v) is 12.3. The molecular formula is C28H29F3N6. The number of aliphatic imine (C=N–C) groups is 2. The SMILES string of the molecule is CN(Cc1ccc(C2=NCCN2)cc1F)c1cccc(N(C)Cc2ccc(C3=NCCN3)cc2F)c1F. The topological polar surface area (TPSA) is 55.3 Å². The fourth-order valence-corrected chi connectivity index (χ4v) is 4.61. The molecule has 0 aromatic heterocycles. The van der Waals surface area contributed by atoms with Gasteiger partial charge in [-0.15, -0.1) is 0 Å². The molecule has 0 bridgehead atoms. The van der Waals surface area contributed by atoms with Crippen molar-refractivity contribution in [3.05, 3.63) is 94.3 Å². The zero-order valence-electron chi connectivity index (χ0n) is 20.9. The Balaban J connectivity index is 1.30. The van der Waals surface area contributed by atoms with Crippen LogP contribution in [-0.2, 0) is 13.1 Å². The molecule has 2 N–H and O–H groups in total. The van der Waals surface area contributed by atoms with E-state index in [9.17, 15) is 8.78 Å². The molecule has 37 heavy (non-hydrogen) atoms. The van der Waals surface area contributed by atoms with Crippen molar-refractivity contribution in [3.63, 3.8) is 0 Å². The number of benzene rings is 3. The lowest BCUT2D eigenvalue weighted by atomic mass is 10.1. The summed E-state index contributed by atoms with van der Waals surface area (Å²) in [5.41, 5.74) is 2.96. The van der Waals surface area contributed by atoms with Gasteiger partial charge in [0.2, 0.25) is 0 Å². The van der Waals surface area contributed by atoms with Gasteiger partial charge in [-0.05, 0) is 24.3 Å². The number of hydrogen-bond donors (Lipinski definition) is 2. The minimum absolute atomic E-state index is 0.185. The predicted octanol–water partition coefficient (Wildman–Crippen LogP) is 4.08. The van der Waals surface area contributed by atoms with Gasteiger partial charge in [0.05, 0.1) is 24.5 Å². The van der Waals surface area contributed by atoms with Crippen molar-refractivity contribution in [2.24, 2.45) is 9.98 Å². The monoisotopic (exact) mass is 506 g/mol. The first kappa shape index (κ1) is 24.7. The quantitative estimate of drug-likeness (QED) is 0.484. The van der Waals surface area contributed by atoms with E-state index in [0.717, 1.165) is 13.1 Å². The first-order chi connectivity index (χ1) is 17.9. The van der Waals surface area contributed by atoms with E-state index < -0.39 is 5.82 Å². The molecule has 0 aliphatic carbocycles. The van der Waals surface area contributed by atoms with Crippen LogP contribution in [-0.4, -0.2) is 51.9 Å². The lowest BCUT2D eigenvalue weighted by Gasteiger charge is -2.25. The highest BCUT2D eigenvalue weighted by Gasteiger charge is 2.19. The third-order valence-corrected chi connectivity index (χ3v) is 6.60. The van der Waals surface area contributed by atoms with Gasteiger partial charge >= 0.3 is 0 Å². The average Bonchev–Trinajstić information content (AvgIpc) is 3.61. The van der Waals surface area contributed by atoms with Crippen molar-refractivity contribution in [1.29, 1.82) is 0 Å². The smallest absolute Gasteiger partial charge is 0.169 e. The van der Waals surface area contributed by atoms with Gasteiger partial charge in [-0.3, -0.25) is 9.98 Å². The summed E-state index contributed by atoms with van der Waals surface area (Å²) < 4.78 is 45.3. The molecular weight excluding hydrogens is 477 g/mol. The fourth-order valence-electron chi connectivity index (χ4n) is 4.61. The van der Waals surface area contributed by atoms with Crippen LogP contribution in [0.1, 0.15) is 22.3 Å². The molecule has 2 aliphatic rings. The van der Waals surface area contributed by atoms with Gasteiger partial charge in [0.25, 0.3) is 0 Å². The second kappa shape index (κ2) is 10.5. The summed E-state index contributed by atoms with van der Waals surface area (Å²) in [5, 5.41) is 6.27. The number of halogens is 3. The Hall–Kier alpha value is -4.01. The maximum absolute atomic E-state index is 15.6. The van der Waals surface area contributed by atoms with E-state index >= 15 is 4.39 Å². The lowest BCUT2D eigenvalue weighted by Crippen LogP contribution is -2.23. The third kappa shape index (κ3) is 5.26. The Morgan fingerprint density at radius 2 is 1.16 bits per heavy atom. The average molecular weight is 507 g/mol. The Kier molecular flexibility index (Phi) is 7.03. The van der Waals surface area contributed by atoms with Crippen molar-refractivity contribution in [1.82, 2.24) is 10.6 Å². The molecule has 0 amide bonds. The van der Waals surface area contributed by atoms with E-state index in [0.29, 0.717) is 58.4 Å². The van der Waals surface area contributed by atoms with Crippen LogP contribution in [0.4, 0.5) is 24.5 Å².